The normalized spacial score (nSPS) is 11.7. The van der Waals surface area contributed by atoms with Crippen LogP contribution in [0.15, 0.2) is 36.4 Å². The second-order valence-corrected chi connectivity index (χ2v) is 5.58. The van der Waals surface area contributed by atoms with Crippen LogP contribution in [0.3, 0.4) is 0 Å². The van der Waals surface area contributed by atoms with Crippen molar-refractivity contribution < 1.29 is 28.6 Å². The standard InChI is InChI=1S/C17H17F2N3O4/c1-10(13-5-3-11(18)7-14(13)19)20-9-17(23)21-15-8-12(22(24)25)4-6-16(15)26-2/h3-8,10,20H,9H2,1-2H3,(H,21,23)/p+1/t10-/m1/s1. The van der Waals surface area contributed by atoms with Gasteiger partial charge in [0.15, 0.2) is 6.54 Å². The van der Waals surface area contributed by atoms with Crippen LogP contribution in [0.2, 0.25) is 0 Å². The van der Waals surface area contributed by atoms with Gasteiger partial charge < -0.3 is 15.4 Å². The summed E-state index contributed by atoms with van der Waals surface area (Å²) in [6, 6.07) is 6.68. The Morgan fingerprint density at radius 3 is 2.65 bits per heavy atom. The number of nitro groups is 1. The second kappa shape index (κ2) is 8.34. The molecular weight excluding hydrogens is 348 g/mol. The average molecular weight is 366 g/mol. The Hall–Kier alpha value is -3.07. The zero-order chi connectivity index (χ0) is 19.3. The Kier molecular flexibility index (Phi) is 6.18. The highest BCUT2D eigenvalue weighted by molar-refractivity contribution is 5.93. The number of amides is 1. The summed E-state index contributed by atoms with van der Waals surface area (Å²) in [6.07, 6.45) is 0. The Morgan fingerprint density at radius 1 is 1.31 bits per heavy atom. The quantitative estimate of drug-likeness (QED) is 0.579. The van der Waals surface area contributed by atoms with Crippen LogP contribution in [-0.4, -0.2) is 24.5 Å². The van der Waals surface area contributed by atoms with Gasteiger partial charge in [0.2, 0.25) is 0 Å². The van der Waals surface area contributed by atoms with Crippen LogP contribution in [-0.2, 0) is 4.79 Å². The van der Waals surface area contributed by atoms with E-state index in [-0.39, 0.29) is 29.2 Å². The summed E-state index contributed by atoms with van der Waals surface area (Å²) in [5, 5.41) is 14.9. The molecule has 2 aromatic carbocycles. The summed E-state index contributed by atoms with van der Waals surface area (Å²) >= 11 is 0. The lowest BCUT2D eigenvalue weighted by Crippen LogP contribution is -2.86. The number of non-ortho nitro benzene ring substituents is 1. The highest BCUT2D eigenvalue weighted by Gasteiger charge is 2.18. The van der Waals surface area contributed by atoms with E-state index < -0.39 is 28.5 Å². The van der Waals surface area contributed by atoms with Crippen LogP contribution in [0.25, 0.3) is 0 Å². The molecule has 26 heavy (non-hydrogen) atoms. The predicted octanol–water partition coefficient (Wildman–Crippen LogP) is 2.14. The maximum Gasteiger partial charge on any atom is 0.279 e. The van der Waals surface area contributed by atoms with Crippen LogP contribution in [0.5, 0.6) is 5.75 Å². The lowest BCUT2D eigenvalue weighted by molar-refractivity contribution is -0.682. The van der Waals surface area contributed by atoms with Crippen molar-refractivity contribution in [3.8, 4) is 5.75 Å². The molecule has 7 nitrogen and oxygen atoms in total. The van der Waals surface area contributed by atoms with Gasteiger partial charge in [-0.1, -0.05) is 0 Å². The number of carbonyl (C=O) groups excluding carboxylic acids is 1. The molecule has 0 aromatic heterocycles. The largest absolute Gasteiger partial charge is 0.495 e. The number of carbonyl (C=O) groups is 1. The first-order valence-electron chi connectivity index (χ1n) is 7.72. The summed E-state index contributed by atoms with van der Waals surface area (Å²) in [4.78, 5) is 22.4. The van der Waals surface area contributed by atoms with Gasteiger partial charge in [-0.2, -0.15) is 0 Å². The fourth-order valence-corrected chi connectivity index (χ4v) is 2.39. The van der Waals surface area contributed by atoms with E-state index in [9.17, 15) is 23.7 Å². The topological polar surface area (TPSA) is 98.1 Å². The molecule has 3 N–H and O–H groups in total. The third-order valence-electron chi connectivity index (χ3n) is 3.78. The van der Waals surface area contributed by atoms with Crippen molar-refractivity contribution in [3.05, 3.63) is 63.7 Å². The van der Waals surface area contributed by atoms with Crippen molar-refractivity contribution in [2.45, 2.75) is 13.0 Å². The maximum atomic E-state index is 13.8. The van der Waals surface area contributed by atoms with Gasteiger partial charge in [-0.3, -0.25) is 14.9 Å². The Labute approximate surface area is 148 Å². The molecule has 1 amide bonds. The number of hydrogen-bond donors (Lipinski definition) is 2. The summed E-state index contributed by atoms with van der Waals surface area (Å²) < 4.78 is 31.8. The molecule has 0 saturated carbocycles. The third-order valence-corrected chi connectivity index (χ3v) is 3.78. The lowest BCUT2D eigenvalue weighted by atomic mass is 10.1. The number of hydrogen-bond acceptors (Lipinski definition) is 4. The molecule has 0 heterocycles. The molecular formula is C17H18F2N3O4+. The molecule has 138 valence electrons. The van der Waals surface area contributed by atoms with Crippen LogP contribution in [0.4, 0.5) is 20.2 Å². The van der Waals surface area contributed by atoms with Crippen molar-refractivity contribution in [3.63, 3.8) is 0 Å². The van der Waals surface area contributed by atoms with E-state index in [1.807, 2.05) is 0 Å². The molecule has 0 unspecified atom stereocenters. The summed E-state index contributed by atoms with van der Waals surface area (Å²) in [7, 11) is 1.38. The first kappa shape index (κ1) is 19.3. The van der Waals surface area contributed by atoms with E-state index in [0.717, 1.165) is 12.1 Å². The van der Waals surface area contributed by atoms with Crippen LogP contribution >= 0.6 is 0 Å². The minimum absolute atomic E-state index is 0.0656. The van der Waals surface area contributed by atoms with Gasteiger partial charge in [0.25, 0.3) is 11.6 Å². The SMILES string of the molecule is COc1ccc([N+](=O)[O-])cc1NC(=O)C[NH2+][C@H](C)c1ccc(F)cc1F. The Morgan fingerprint density at radius 2 is 2.04 bits per heavy atom. The van der Waals surface area contributed by atoms with E-state index in [0.29, 0.717) is 0 Å². The lowest BCUT2D eigenvalue weighted by Gasteiger charge is -2.13. The van der Waals surface area contributed by atoms with E-state index in [4.69, 9.17) is 4.74 Å². The van der Waals surface area contributed by atoms with Crippen molar-refractivity contribution >= 4 is 17.3 Å². The van der Waals surface area contributed by atoms with E-state index >= 15 is 0 Å². The molecule has 0 radical (unpaired) electrons. The molecule has 0 fully saturated rings. The molecule has 1 atom stereocenters. The predicted molar refractivity (Wildman–Crippen MR) is 89.8 cm³/mol. The molecule has 2 rings (SSSR count). The third kappa shape index (κ3) is 4.73. The molecule has 0 aliphatic heterocycles. The van der Waals surface area contributed by atoms with E-state index in [1.54, 1.807) is 12.2 Å². The zero-order valence-corrected chi connectivity index (χ0v) is 14.2. The monoisotopic (exact) mass is 366 g/mol. The molecule has 0 aliphatic carbocycles. The van der Waals surface area contributed by atoms with Crippen molar-refractivity contribution in [2.24, 2.45) is 0 Å². The van der Waals surface area contributed by atoms with Gasteiger partial charge >= 0.3 is 0 Å². The number of nitrogens with zero attached hydrogens (tertiary/aromatic N) is 1. The van der Waals surface area contributed by atoms with Gasteiger partial charge in [-0.05, 0) is 25.1 Å². The van der Waals surface area contributed by atoms with Gasteiger partial charge in [-0.15, -0.1) is 0 Å². The molecule has 9 heteroatoms. The number of methoxy groups -OCH3 is 1. The minimum Gasteiger partial charge on any atom is -0.495 e. The number of anilines is 1. The molecule has 2 aromatic rings. The summed E-state index contributed by atoms with van der Waals surface area (Å²) in [6.45, 7) is 1.61. The number of ether oxygens (including phenoxy) is 1. The summed E-state index contributed by atoms with van der Waals surface area (Å²) in [5.41, 5.74) is 0.250. The Bertz CT molecular complexity index is 830. The number of nitrogens with one attached hydrogen (secondary N) is 1. The smallest absolute Gasteiger partial charge is 0.279 e. The average Bonchev–Trinajstić information content (AvgIpc) is 2.59. The molecule has 0 saturated heterocycles. The van der Waals surface area contributed by atoms with Crippen molar-refractivity contribution in [1.29, 1.82) is 0 Å². The van der Waals surface area contributed by atoms with E-state index in [1.165, 1.54) is 31.4 Å². The molecule has 0 spiro atoms. The highest BCUT2D eigenvalue weighted by Crippen LogP contribution is 2.28. The van der Waals surface area contributed by atoms with Gasteiger partial charge in [0.05, 0.1) is 17.7 Å². The van der Waals surface area contributed by atoms with Crippen LogP contribution in [0.1, 0.15) is 18.5 Å². The molecule has 0 aliphatic rings. The fourth-order valence-electron chi connectivity index (χ4n) is 2.39. The number of rotatable bonds is 7. The first-order valence-corrected chi connectivity index (χ1v) is 7.72. The Balaban J connectivity index is 2.02. The van der Waals surface area contributed by atoms with Crippen molar-refractivity contribution in [1.82, 2.24) is 0 Å². The van der Waals surface area contributed by atoms with Gasteiger partial charge in [0.1, 0.15) is 23.4 Å². The second-order valence-electron chi connectivity index (χ2n) is 5.58. The number of quaternary nitrogens is 1. The number of halogens is 2. The fraction of sp³-hybridized carbons (Fsp3) is 0.235. The van der Waals surface area contributed by atoms with Gasteiger partial charge in [0, 0.05) is 23.8 Å². The van der Waals surface area contributed by atoms with Crippen molar-refractivity contribution in [2.75, 3.05) is 19.0 Å². The zero-order valence-electron chi connectivity index (χ0n) is 14.2. The number of nitrogens with two attached hydrogens (primary N) is 1. The van der Waals surface area contributed by atoms with Gasteiger partial charge in [-0.25, -0.2) is 8.78 Å². The number of nitro benzene ring substituents is 1. The maximum absolute atomic E-state index is 13.8. The summed E-state index contributed by atoms with van der Waals surface area (Å²) in [5.74, 6) is -1.52. The first-order chi connectivity index (χ1) is 12.3. The molecule has 0 bridgehead atoms. The van der Waals surface area contributed by atoms with Crippen LogP contribution in [0, 0.1) is 21.7 Å². The number of benzene rings is 2. The highest BCUT2D eigenvalue weighted by atomic mass is 19.1. The van der Waals surface area contributed by atoms with E-state index in [2.05, 4.69) is 5.32 Å². The minimum atomic E-state index is -0.686. The van der Waals surface area contributed by atoms with Crippen LogP contribution < -0.4 is 15.4 Å².